The maximum Gasteiger partial charge on any atom is 0.0577 e. The number of aliphatic hydroxyl groups excluding tert-OH is 1. The Hall–Kier alpha value is -0.480. The van der Waals surface area contributed by atoms with Gasteiger partial charge in [0.25, 0.3) is 0 Å². The molecule has 0 heterocycles. The number of rotatable bonds is 0. The van der Waals surface area contributed by atoms with Gasteiger partial charge in [-0.2, -0.15) is 0 Å². The molecule has 6 rings (SSSR count). The van der Waals surface area contributed by atoms with Crippen molar-refractivity contribution >= 4 is 0 Å². The average molecular weight is 172 g/mol. The second-order valence-corrected chi connectivity index (χ2v) is 5.85. The number of aliphatic hydroxyl groups is 1. The highest BCUT2D eigenvalue weighted by Gasteiger charge is 2.96. The molecule has 6 aliphatic rings. The monoisotopic (exact) mass is 172 g/mol. The molecule has 0 aromatic heterocycles. The maximum absolute atomic E-state index is 9.95. The molecule has 0 spiro atoms. The molecule has 0 aliphatic heterocycles. The molecule has 13 heavy (non-hydrogen) atoms. The van der Waals surface area contributed by atoms with E-state index in [1.807, 2.05) is 0 Å². The van der Waals surface area contributed by atoms with E-state index in [1.54, 1.807) is 0 Å². The largest absolute Gasteiger partial charge is 0.393 e. The van der Waals surface area contributed by atoms with Gasteiger partial charge in [-0.1, -0.05) is 5.92 Å². The van der Waals surface area contributed by atoms with Crippen LogP contribution >= 0.6 is 0 Å². The third-order valence-corrected chi connectivity index (χ3v) is 6.09. The topological polar surface area (TPSA) is 20.2 Å². The average Bonchev–Trinajstić information content (AvgIpc) is 2.94. The summed E-state index contributed by atoms with van der Waals surface area (Å²) in [6, 6.07) is 0. The lowest BCUT2D eigenvalue weighted by molar-refractivity contribution is -0.0127. The van der Waals surface area contributed by atoms with Crippen LogP contribution in [0.25, 0.3) is 0 Å². The fourth-order valence-electron chi connectivity index (χ4n) is 6.13. The van der Waals surface area contributed by atoms with Crippen molar-refractivity contribution < 1.29 is 5.11 Å². The summed E-state index contributed by atoms with van der Waals surface area (Å²) in [6.45, 7) is 0. The van der Waals surface area contributed by atoms with Gasteiger partial charge in [0.1, 0.15) is 0 Å². The summed E-state index contributed by atoms with van der Waals surface area (Å²) in [5.74, 6) is 8.85. The minimum atomic E-state index is 0.00947. The van der Waals surface area contributed by atoms with Crippen LogP contribution in [0.3, 0.4) is 0 Å². The Kier molecular flexibility index (Phi) is 0.601. The van der Waals surface area contributed by atoms with E-state index >= 15 is 0 Å². The van der Waals surface area contributed by atoms with Gasteiger partial charge >= 0.3 is 0 Å². The van der Waals surface area contributed by atoms with Crippen LogP contribution in [0.15, 0.2) is 0 Å². The molecule has 1 nitrogen and oxygen atoms in total. The zero-order valence-electron chi connectivity index (χ0n) is 7.35. The third kappa shape index (κ3) is 0.327. The Morgan fingerprint density at radius 3 is 2.54 bits per heavy atom. The van der Waals surface area contributed by atoms with Crippen LogP contribution in [0.4, 0.5) is 0 Å². The molecule has 0 radical (unpaired) electrons. The van der Waals surface area contributed by atoms with Crippen molar-refractivity contribution in [1.29, 1.82) is 0 Å². The van der Waals surface area contributed by atoms with E-state index in [0.29, 0.717) is 11.3 Å². The molecule has 66 valence electrons. The smallest absolute Gasteiger partial charge is 0.0577 e. The third-order valence-electron chi connectivity index (χ3n) is 6.09. The van der Waals surface area contributed by atoms with E-state index in [2.05, 4.69) is 5.92 Å². The lowest BCUT2D eigenvalue weighted by Crippen LogP contribution is -2.39. The van der Waals surface area contributed by atoms with Crippen LogP contribution in [-0.2, 0) is 0 Å². The van der Waals surface area contributed by atoms with Gasteiger partial charge in [-0.05, 0) is 47.8 Å². The van der Waals surface area contributed by atoms with Crippen molar-refractivity contribution in [3.8, 4) is 12.3 Å². The summed E-state index contributed by atoms with van der Waals surface area (Å²) in [7, 11) is 0. The quantitative estimate of drug-likeness (QED) is 0.534. The summed E-state index contributed by atoms with van der Waals surface area (Å²) in [5.41, 5.74) is 0.322. The standard InChI is InChI=1S/C12H12O/c1-2-12-9-4-3-5(13)7(11(9)12)8-6(4)10(8)12/h1,4-11,13H,3H2/t4-,5+,6+,7+,8+,9-,10-,11+,12+/m0/s1. The van der Waals surface area contributed by atoms with E-state index in [4.69, 9.17) is 6.42 Å². The lowest BCUT2D eigenvalue weighted by Gasteiger charge is -2.38. The zero-order chi connectivity index (χ0) is 8.53. The van der Waals surface area contributed by atoms with Crippen molar-refractivity contribution in [1.82, 2.24) is 0 Å². The van der Waals surface area contributed by atoms with E-state index in [-0.39, 0.29) is 6.10 Å². The first kappa shape index (κ1) is 6.09. The van der Waals surface area contributed by atoms with Gasteiger partial charge in [-0.25, -0.2) is 0 Å². The highest BCUT2D eigenvalue weighted by molar-refractivity contribution is 5.48. The molecule has 1 heteroatoms. The predicted octanol–water partition coefficient (Wildman–Crippen LogP) is 0.738. The number of fused-ring (bicyclic) bond motifs is 1. The first-order chi connectivity index (χ1) is 6.32. The number of hydrogen-bond acceptors (Lipinski definition) is 1. The van der Waals surface area contributed by atoms with Gasteiger partial charge < -0.3 is 5.11 Å². The van der Waals surface area contributed by atoms with Crippen LogP contribution in [-0.4, -0.2) is 11.2 Å². The minimum absolute atomic E-state index is 0.00947. The van der Waals surface area contributed by atoms with Crippen molar-refractivity contribution in [2.24, 2.45) is 46.8 Å². The van der Waals surface area contributed by atoms with Crippen LogP contribution in [0.5, 0.6) is 0 Å². The molecule has 1 N–H and O–H groups in total. The predicted molar refractivity (Wildman–Crippen MR) is 46.3 cm³/mol. The molecule has 6 aliphatic carbocycles. The molecule has 0 amide bonds. The molecular weight excluding hydrogens is 160 g/mol. The van der Waals surface area contributed by atoms with Gasteiger partial charge in [0, 0.05) is 5.41 Å². The van der Waals surface area contributed by atoms with E-state index in [0.717, 1.165) is 41.9 Å². The van der Waals surface area contributed by atoms with Crippen molar-refractivity contribution in [3.63, 3.8) is 0 Å². The summed E-state index contributed by atoms with van der Waals surface area (Å²) in [4.78, 5) is 0. The molecule has 0 saturated heterocycles. The SMILES string of the molecule is C#C[C@@]12[C@@H]3[C@@H]4[C@H]3[C@@H]3C[C@@H](O)[C@H]4[C@@H]1[C@H]32. The Morgan fingerprint density at radius 2 is 2.00 bits per heavy atom. The van der Waals surface area contributed by atoms with Crippen molar-refractivity contribution in [3.05, 3.63) is 0 Å². The highest BCUT2D eigenvalue weighted by atomic mass is 16.3. The van der Waals surface area contributed by atoms with Gasteiger partial charge in [-0.15, -0.1) is 6.42 Å². The molecule has 0 unspecified atom stereocenters. The van der Waals surface area contributed by atoms with Crippen LogP contribution in [0.2, 0.25) is 0 Å². The normalized spacial score (nSPS) is 83.7. The van der Waals surface area contributed by atoms with Crippen LogP contribution < -0.4 is 0 Å². The summed E-state index contributed by atoms with van der Waals surface area (Å²) < 4.78 is 0. The van der Waals surface area contributed by atoms with Gasteiger partial charge in [0.05, 0.1) is 6.10 Å². The molecule has 0 aromatic carbocycles. The van der Waals surface area contributed by atoms with Gasteiger partial charge in [-0.3, -0.25) is 0 Å². The second-order valence-electron chi connectivity index (χ2n) is 5.85. The minimum Gasteiger partial charge on any atom is -0.393 e. The molecule has 6 saturated carbocycles. The molecule has 2 bridgehead atoms. The summed E-state index contributed by atoms with van der Waals surface area (Å²) in [6.07, 6.45) is 6.80. The summed E-state index contributed by atoms with van der Waals surface area (Å²) in [5, 5.41) is 9.95. The Morgan fingerprint density at radius 1 is 1.15 bits per heavy atom. The Bertz CT molecular complexity index is 377. The first-order valence-electron chi connectivity index (χ1n) is 5.48. The fourth-order valence-corrected chi connectivity index (χ4v) is 6.13. The maximum atomic E-state index is 9.95. The second kappa shape index (κ2) is 1.28. The van der Waals surface area contributed by atoms with Crippen molar-refractivity contribution in [2.45, 2.75) is 12.5 Å². The Balaban J connectivity index is 1.81. The van der Waals surface area contributed by atoms with Crippen LogP contribution in [0, 0.1) is 59.2 Å². The summed E-state index contributed by atoms with van der Waals surface area (Å²) >= 11 is 0. The molecule has 9 atom stereocenters. The lowest BCUT2D eigenvalue weighted by atomic mass is 9.69. The van der Waals surface area contributed by atoms with Crippen LogP contribution in [0.1, 0.15) is 6.42 Å². The van der Waals surface area contributed by atoms with Gasteiger partial charge in [0.2, 0.25) is 0 Å². The first-order valence-corrected chi connectivity index (χ1v) is 5.48. The number of hydrogen-bond donors (Lipinski definition) is 1. The van der Waals surface area contributed by atoms with Gasteiger partial charge in [0.15, 0.2) is 0 Å². The fraction of sp³-hybridized carbons (Fsp3) is 0.833. The van der Waals surface area contributed by atoms with E-state index in [9.17, 15) is 5.11 Å². The van der Waals surface area contributed by atoms with Crippen molar-refractivity contribution in [2.75, 3.05) is 0 Å². The number of terminal acetylenes is 1. The molecular formula is C12H12O. The zero-order valence-corrected chi connectivity index (χ0v) is 7.35. The van der Waals surface area contributed by atoms with E-state index < -0.39 is 0 Å². The Labute approximate surface area is 77.5 Å². The molecule has 6 fully saturated rings. The van der Waals surface area contributed by atoms with E-state index in [1.165, 1.54) is 0 Å². The highest BCUT2D eigenvalue weighted by Crippen LogP contribution is 2.96. The molecule has 0 aromatic rings.